The van der Waals surface area contributed by atoms with E-state index in [2.05, 4.69) is 26.8 Å². The fourth-order valence-electron chi connectivity index (χ4n) is 1.90. The third-order valence-electron chi connectivity index (χ3n) is 3.09. The molecule has 0 bridgehead atoms. The quantitative estimate of drug-likeness (QED) is 0.749. The minimum absolute atomic E-state index is 0.350. The molecule has 0 radical (unpaired) electrons. The molecule has 0 aromatic heterocycles. The molecule has 19 heavy (non-hydrogen) atoms. The number of aryl methyl sites for hydroxylation is 1. The van der Waals surface area contributed by atoms with Gasteiger partial charge in [0.05, 0.1) is 0 Å². The van der Waals surface area contributed by atoms with Crippen molar-refractivity contribution in [2.24, 2.45) is 0 Å². The van der Waals surface area contributed by atoms with Gasteiger partial charge >= 0.3 is 0 Å². The van der Waals surface area contributed by atoms with E-state index in [1.807, 2.05) is 50.2 Å². The Morgan fingerprint density at radius 3 is 2.53 bits per heavy atom. The fraction of sp³-hybridized carbons (Fsp3) is 0.200. The molecule has 0 saturated heterocycles. The number of hydrogen-bond donors (Lipinski definition) is 3. The SMILES string of the molecule is Cc1cc(Br)c(C)c(CNNc2ccccc2)c1O. The van der Waals surface area contributed by atoms with E-state index in [0.717, 1.165) is 26.9 Å². The van der Waals surface area contributed by atoms with Crippen LogP contribution in [-0.4, -0.2) is 5.11 Å². The molecule has 0 atom stereocenters. The van der Waals surface area contributed by atoms with E-state index in [1.54, 1.807) is 0 Å². The van der Waals surface area contributed by atoms with Crippen molar-refractivity contribution in [1.29, 1.82) is 0 Å². The summed E-state index contributed by atoms with van der Waals surface area (Å²) in [6.07, 6.45) is 0. The molecule has 100 valence electrons. The first kappa shape index (κ1) is 13.9. The molecule has 0 aliphatic heterocycles. The number of hydrazine groups is 1. The zero-order valence-electron chi connectivity index (χ0n) is 11.0. The van der Waals surface area contributed by atoms with Gasteiger partial charge in [-0.3, -0.25) is 0 Å². The van der Waals surface area contributed by atoms with E-state index in [4.69, 9.17) is 0 Å². The van der Waals surface area contributed by atoms with E-state index < -0.39 is 0 Å². The van der Waals surface area contributed by atoms with E-state index in [-0.39, 0.29) is 0 Å². The summed E-state index contributed by atoms with van der Waals surface area (Å²) < 4.78 is 1.01. The van der Waals surface area contributed by atoms with Crippen molar-refractivity contribution in [3.63, 3.8) is 0 Å². The smallest absolute Gasteiger partial charge is 0.123 e. The molecule has 2 aromatic carbocycles. The third kappa shape index (κ3) is 3.28. The highest BCUT2D eigenvalue weighted by Crippen LogP contribution is 2.31. The highest BCUT2D eigenvalue weighted by Gasteiger charge is 2.10. The number of phenolic OH excluding ortho intramolecular Hbond substituents is 1. The van der Waals surface area contributed by atoms with Crippen LogP contribution in [0, 0.1) is 13.8 Å². The van der Waals surface area contributed by atoms with Gasteiger partial charge in [-0.15, -0.1) is 0 Å². The van der Waals surface area contributed by atoms with Crippen LogP contribution in [0.4, 0.5) is 5.69 Å². The Labute approximate surface area is 121 Å². The van der Waals surface area contributed by atoms with Gasteiger partial charge in [0.25, 0.3) is 0 Å². The first-order valence-electron chi connectivity index (χ1n) is 6.11. The normalized spacial score (nSPS) is 10.5. The zero-order chi connectivity index (χ0) is 13.8. The van der Waals surface area contributed by atoms with Crippen LogP contribution in [0.25, 0.3) is 0 Å². The first-order valence-corrected chi connectivity index (χ1v) is 6.90. The fourth-order valence-corrected chi connectivity index (χ4v) is 2.48. The number of benzene rings is 2. The molecule has 0 aliphatic rings. The standard InChI is InChI=1S/C15H17BrN2O/c1-10-8-14(16)11(2)13(15(10)19)9-17-18-12-6-4-3-5-7-12/h3-8,17-19H,9H2,1-2H3. The number of halogens is 1. The summed E-state index contributed by atoms with van der Waals surface area (Å²) in [7, 11) is 0. The van der Waals surface area contributed by atoms with E-state index in [1.165, 1.54) is 0 Å². The molecule has 3 nitrogen and oxygen atoms in total. The maximum absolute atomic E-state index is 10.1. The Morgan fingerprint density at radius 1 is 1.16 bits per heavy atom. The third-order valence-corrected chi connectivity index (χ3v) is 3.91. The van der Waals surface area contributed by atoms with Gasteiger partial charge in [-0.25, -0.2) is 5.43 Å². The summed E-state index contributed by atoms with van der Waals surface area (Å²) in [5.74, 6) is 0.350. The number of hydrogen-bond acceptors (Lipinski definition) is 3. The van der Waals surface area contributed by atoms with Gasteiger partial charge in [-0.2, -0.15) is 0 Å². The molecule has 0 saturated carbocycles. The average Bonchev–Trinajstić information content (AvgIpc) is 2.42. The highest BCUT2D eigenvalue weighted by atomic mass is 79.9. The zero-order valence-corrected chi connectivity index (χ0v) is 12.6. The summed E-state index contributed by atoms with van der Waals surface area (Å²) in [5, 5.41) is 10.1. The number of para-hydroxylation sites is 1. The Bertz CT molecular complexity index is 544. The van der Waals surface area contributed by atoms with E-state index in [9.17, 15) is 5.11 Å². The van der Waals surface area contributed by atoms with Crippen molar-refractivity contribution < 1.29 is 5.11 Å². The van der Waals surface area contributed by atoms with Crippen LogP contribution in [0.2, 0.25) is 0 Å². The van der Waals surface area contributed by atoms with Crippen LogP contribution in [0.5, 0.6) is 5.75 Å². The van der Waals surface area contributed by atoms with Crippen molar-refractivity contribution in [3.05, 3.63) is 57.6 Å². The molecule has 3 N–H and O–H groups in total. The monoisotopic (exact) mass is 320 g/mol. The second-order valence-electron chi connectivity index (χ2n) is 4.47. The lowest BCUT2D eigenvalue weighted by atomic mass is 10.0. The summed E-state index contributed by atoms with van der Waals surface area (Å²) in [5.41, 5.74) is 10.0. The predicted molar refractivity (Wildman–Crippen MR) is 82.2 cm³/mol. The molecule has 0 spiro atoms. The molecule has 0 fully saturated rings. The molecule has 0 heterocycles. The van der Waals surface area contributed by atoms with Gasteiger partial charge in [0.2, 0.25) is 0 Å². The van der Waals surface area contributed by atoms with Gasteiger partial charge in [-0.1, -0.05) is 34.1 Å². The number of phenols is 1. The Hall–Kier alpha value is -1.52. The molecular formula is C15H17BrN2O. The second kappa shape index (κ2) is 6.08. The molecular weight excluding hydrogens is 304 g/mol. The molecule has 4 heteroatoms. The highest BCUT2D eigenvalue weighted by molar-refractivity contribution is 9.10. The van der Waals surface area contributed by atoms with Crippen LogP contribution < -0.4 is 10.9 Å². The second-order valence-corrected chi connectivity index (χ2v) is 5.33. The van der Waals surface area contributed by atoms with E-state index in [0.29, 0.717) is 12.3 Å². The van der Waals surface area contributed by atoms with Crippen molar-refractivity contribution >= 4 is 21.6 Å². The largest absolute Gasteiger partial charge is 0.507 e. The molecule has 2 aromatic rings. The Balaban J connectivity index is 2.08. The van der Waals surface area contributed by atoms with E-state index >= 15 is 0 Å². The molecule has 0 amide bonds. The minimum Gasteiger partial charge on any atom is -0.507 e. The van der Waals surface area contributed by atoms with Crippen molar-refractivity contribution in [2.75, 3.05) is 5.43 Å². The lowest BCUT2D eigenvalue weighted by Gasteiger charge is -2.14. The average molecular weight is 321 g/mol. The van der Waals surface area contributed by atoms with Gasteiger partial charge in [0.1, 0.15) is 5.75 Å². The van der Waals surface area contributed by atoms with Crippen LogP contribution in [0.15, 0.2) is 40.9 Å². The number of rotatable bonds is 4. The summed E-state index contributed by atoms with van der Waals surface area (Å²) in [6, 6.07) is 11.8. The van der Waals surface area contributed by atoms with Crippen LogP contribution in [0.3, 0.4) is 0 Å². The lowest BCUT2D eigenvalue weighted by molar-refractivity contribution is 0.461. The van der Waals surface area contributed by atoms with Crippen molar-refractivity contribution in [3.8, 4) is 5.75 Å². The Kier molecular flexibility index (Phi) is 4.45. The minimum atomic E-state index is 0.350. The summed E-state index contributed by atoms with van der Waals surface area (Å²) >= 11 is 3.51. The Morgan fingerprint density at radius 2 is 1.84 bits per heavy atom. The van der Waals surface area contributed by atoms with Crippen LogP contribution in [-0.2, 0) is 6.54 Å². The predicted octanol–water partition coefficient (Wildman–Crippen LogP) is 3.89. The molecule has 0 aliphatic carbocycles. The van der Waals surface area contributed by atoms with Crippen molar-refractivity contribution in [2.45, 2.75) is 20.4 Å². The topological polar surface area (TPSA) is 44.3 Å². The van der Waals surface area contributed by atoms with Crippen LogP contribution >= 0.6 is 15.9 Å². The van der Waals surface area contributed by atoms with Gasteiger partial charge in [0, 0.05) is 22.3 Å². The number of aromatic hydroxyl groups is 1. The summed E-state index contributed by atoms with van der Waals surface area (Å²) in [6.45, 7) is 4.43. The number of nitrogens with one attached hydrogen (secondary N) is 2. The van der Waals surface area contributed by atoms with Gasteiger partial charge in [-0.05, 0) is 43.2 Å². The van der Waals surface area contributed by atoms with Gasteiger partial charge < -0.3 is 10.5 Å². The molecule has 0 unspecified atom stereocenters. The molecule has 2 rings (SSSR count). The van der Waals surface area contributed by atoms with Gasteiger partial charge in [0.15, 0.2) is 0 Å². The van der Waals surface area contributed by atoms with Crippen molar-refractivity contribution in [1.82, 2.24) is 5.43 Å². The maximum atomic E-state index is 10.1. The van der Waals surface area contributed by atoms with Crippen LogP contribution in [0.1, 0.15) is 16.7 Å². The first-order chi connectivity index (χ1) is 9.09. The maximum Gasteiger partial charge on any atom is 0.123 e. The summed E-state index contributed by atoms with van der Waals surface area (Å²) in [4.78, 5) is 0. The number of anilines is 1. The lowest BCUT2D eigenvalue weighted by Crippen LogP contribution is -2.21.